The zero-order valence-corrected chi connectivity index (χ0v) is 15.1. The Labute approximate surface area is 161 Å². The molecule has 0 unspecified atom stereocenters. The molecule has 0 saturated carbocycles. The summed E-state index contributed by atoms with van der Waals surface area (Å²) in [6.07, 6.45) is 1.88. The van der Waals surface area contributed by atoms with Gasteiger partial charge in [-0.3, -0.25) is 14.4 Å². The van der Waals surface area contributed by atoms with Crippen LogP contribution in [0, 0.1) is 17.2 Å². The number of hydrogen-bond acceptors (Lipinski definition) is 6. The smallest absolute Gasteiger partial charge is 0.311 e. The van der Waals surface area contributed by atoms with E-state index in [4.69, 9.17) is 14.4 Å². The third kappa shape index (κ3) is 4.98. The number of anilines is 1. The summed E-state index contributed by atoms with van der Waals surface area (Å²) in [5, 5.41) is 11.3. The fourth-order valence-electron chi connectivity index (χ4n) is 2.92. The zero-order valence-electron chi connectivity index (χ0n) is 15.1. The second kappa shape index (κ2) is 8.86. The summed E-state index contributed by atoms with van der Waals surface area (Å²) in [7, 11) is 0. The van der Waals surface area contributed by atoms with Gasteiger partial charge in [-0.15, -0.1) is 0 Å². The lowest BCUT2D eigenvalue weighted by Crippen LogP contribution is -2.28. The Hall–Kier alpha value is -3.60. The molecular formula is C20H19N3O5. The molecule has 1 N–H and O–H groups in total. The average Bonchev–Trinajstić information content (AvgIpc) is 3.32. The van der Waals surface area contributed by atoms with Gasteiger partial charge in [0.05, 0.1) is 31.2 Å². The summed E-state index contributed by atoms with van der Waals surface area (Å²) in [4.78, 5) is 37.7. The summed E-state index contributed by atoms with van der Waals surface area (Å²) < 4.78 is 10.3. The number of nitrogens with zero attached hydrogens (tertiary/aromatic N) is 2. The fraction of sp³-hybridized carbons (Fsp3) is 0.300. The van der Waals surface area contributed by atoms with Crippen LogP contribution in [0.1, 0.15) is 17.7 Å². The lowest BCUT2D eigenvalue weighted by molar-refractivity contribution is -0.151. The van der Waals surface area contributed by atoms with E-state index in [2.05, 4.69) is 5.32 Å². The SMILES string of the molecule is N#CCc1ccc(NC(=O)COC(=O)[C@@H]2CC(=O)N(Cc3ccco3)C2)cc1. The molecule has 144 valence electrons. The Bertz CT molecular complexity index is 884. The number of ether oxygens (including phenoxy) is 1. The van der Waals surface area contributed by atoms with Crippen LogP contribution in [0.15, 0.2) is 47.1 Å². The topological polar surface area (TPSA) is 113 Å². The Morgan fingerprint density at radius 2 is 2.07 bits per heavy atom. The van der Waals surface area contributed by atoms with E-state index in [1.54, 1.807) is 36.4 Å². The molecule has 1 fully saturated rings. The number of furan rings is 1. The van der Waals surface area contributed by atoms with Crippen molar-refractivity contribution in [1.82, 2.24) is 4.90 Å². The molecule has 1 aromatic carbocycles. The number of benzene rings is 1. The molecule has 2 aromatic rings. The maximum absolute atomic E-state index is 12.2. The molecule has 0 bridgehead atoms. The van der Waals surface area contributed by atoms with Crippen molar-refractivity contribution in [2.45, 2.75) is 19.4 Å². The highest BCUT2D eigenvalue weighted by Crippen LogP contribution is 2.21. The van der Waals surface area contributed by atoms with Gasteiger partial charge in [-0.2, -0.15) is 5.26 Å². The number of likely N-dealkylation sites (tertiary alicyclic amines) is 1. The van der Waals surface area contributed by atoms with Crippen molar-refractivity contribution in [2.75, 3.05) is 18.5 Å². The van der Waals surface area contributed by atoms with Crippen LogP contribution in [-0.4, -0.2) is 35.8 Å². The first kappa shape index (κ1) is 19.2. The maximum atomic E-state index is 12.2. The number of nitriles is 1. The van der Waals surface area contributed by atoms with Crippen LogP contribution in [0.2, 0.25) is 0 Å². The summed E-state index contributed by atoms with van der Waals surface area (Å²) in [5.41, 5.74) is 1.39. The lowest BCUT2D eigenvalue weighted by atomic mass is 10.1. The van der Waals surface area contributed by atoms with Crippen molar-refractivity contribution in [1.29, 1.82) is 5.26 Å². The molecule has 1 aromatic heterocycles. The highest BCUT2D eigenvalue weighted by atomic mass is 16.5. The van der Waals surface area contributed by atoms with Crippen molar-refractivity contribution in [3.8, 4) is 6.07 Å². The van der Waals surface area contributed by atoms with Crippen molar-refractivity contribution in [3.05, 3.63) is 54.0 Å². The van der Waals surface area contributed by atoms with Crippen LogP contribution in [0.25, 0.3) is 0 Å². The number of esters is 1. The quantitative estimate of drug-likeness (QED) is 0.733. The second-order valence-electron chi connectivity index (χ2n) is 6.44. The third-order valence-electron chi connectivity index (χ3n) is 4.34. The van der Waals surface area contributed by atoms with Crippen molar-refractivity contribution in [2.24, 2.45) is 5.92 Å². The van der Waals surface area contributed by atoms with Crippen molar-refractivity contribution < 1.29 is 23.5 Å². The van der Waals surface area contributed by atoms with Gasteiger partial charge in [-0.25, -0.2) is 0 Å². The molecule has 28 heavy (non-hydrogen) atoms. The minimum atomic E-state index is -0.597. The van der Waals surface area contributed by atoms with Gasteiger partial charge in [-0.05, 0) is 29.8 Å². The standard InChI is InChI=1S/C20H19N3O5/c21-8-7-14-3-5-16(6-4-14)22-18(24)13-28-20(26)15-10-19(25)23(11-15)12-17-2-1-9-27-17/h1-6,9,15H,7,10-13H2,(H,22,24)/t15-/m1/s1. The molecule has 1 aliphatic heterocycles. The van der Waals surface area contributed by atoms with E-state index in [0.29, 0.717) is 24.4 Å². The predicted molar refractivity (Wildman–Crippen MR) is 97.6 cm³/mol. The Balaban J connectivity index is 1.44. The Kier molecular flexibility index (Phi) is 6.07. The Morgan fingerprint density at radius 3 is 2.75 bits per heavy atom. The molecule has 8 heteroatoms. The predicted octanol–water partition coefficient (Wildman–Crippen LogP) is 1.88. The summed E-state index contributed by atoms with van der Waals surface area (Å²) in [6.45, 7) is 0.111. The van der Waals surface area contributed by atoms with E-state index in [1.165, 1.54) is 11.2 Å². The van der Waals surface area contributed by atoms with Crippen LogP contribution in [0.3, 0.4) is 0 Å². The number of amides is 2. The van der Waals surface area contributed by atoms with Crippen LogP contribution < -0.4 is 5.32 Å². The normalized spacial score (nSPS) is 15.9. The third-order valence-corrected chi connectivity index (χ3v) is 4.34. The van der Waals surface area contributed by atoms with E-state index in [1.807, 2.05) is 6.07 Å². The van der Waals surface area contributed by atoms with Gasteiger partial charge < -0.3 is 19.4 Å². The molecule has 2 amide bonds. The van der Waals surface area contributed by atoms with E-state index < -0.39 is 24.4 Å². The monoisotopic (exact) mass is 381 g/mol. The van der Waals surface area contributed by atoms with Crippen LogP contribution >= 0.6 is 0 Å². The van der Waals surface area contributed by atoms with Gasteiger partial charge in [-0.1, -0.05) is 12.1 Å². The van der Waals surface area contributed by atoms with Gasteiger partial charge >= 0.3 is 5.97 Å². The van der Waals surface area contributed by atoms with E-state index in [-0.39, 0.29) is 18.9 Å². The first-order chi connectivity index (χ1) is 13.5. The molecule has 0 radical (unpaired) electrons. The van der Waals surface area contributed by atoms with Gasteiger partial charge in [0.1, 0.15) is 5.76 Å². The maximum Gasteiger partial charge on any atom is 0.311 e. The Morgan fingerprint density at radius 1 is 1.29 bits per heavy atom. The first-order valence-corrected chi connectivity index (χ1v) is 8.77. The van der Waals surface area contributed by atoms with Crippen molar-refractivity contribution in [3.63, 3.8) is 0 Å². The molecular weight excluding hydrogens is 362 g/mol. The van der Waals surface area contributed by atoms with Gasteiger partial charge in [0.25, 0.3) is 5.91 Å². The second-order valence-corrected chi connectivity index (χ2v) is 6.44. The van der Waals surface area contributed by atoms with E-state index in [9.17, 15) is 14.4 Å². The molecule has 2 heterocycles. The van der Waals surface area contributed by atoms with E-state index in [0.717, 1.165) is 5.56 Å². The van der Waals surface area contributed by atoms with Gasteiger partial charge in [0, 0.05) is 18.7 Å². The number of carbonyl (C=O) groups is 3. The average molecular weight is 381 g/mol. The number of nitrogens with one attached hydrogen (secondary N) is 1. The highest BCUT2D eigenvalue weighted by molar-refractivity contribution is 5.93. The molecule has 0 aliphatic carbocycles. The van der Waals surface area contributed by atoms with Crippen LogP contribution in [0.5, 0.6) is 0 Å². The summed E-state index contributed by atoms with van der Waals surface area (Å²) >= 11 is 0. The minimum Gasteiger partial charge on any atom is -0.467 e. The zero-order chi connectivity index (χ0) is 19.9. The highest BCUT2D eigenvalue weighted by Gasteiger charge is 2.35. The number of hydrogen-bond donors (Lipinski definition) is 1. The number of carbonyl (C=O) groups excluding carboxylic acids is 3. The molecule has 1 atom stereocenters. The van der Waals surface area contributed by atoms with Crippen LogP contribution in [0.4, 0.5) is 5.69 Å². The minimum absolute atomic E-state index is 0.0571. The molecule has 1 saturated heterocycles. The molecule has 3 rings (SSSR count). The fourth-order valence-corrected chi connectivity index (χ4v) is 2.92. The largest absolute Gasteiger partial charge is 0.467 e. The summed E-state index contributed by atoms with van der Waals surface area (Å²) in [6, 6.07) is 12.4. The first-order valence-electron chi connectivity index (χ1n) is 8.77. The number of rotatable bonds is 7. The van der Waals surface area contributed by atoms with Crippen molar-refractivity contribution >= 4 is 23.5 Å². The van der Waals surface area contributed by atoms with E-state index >= 15 is 0 Å². The van der Waals surface area contributed by atoms with Crippen LogP contribution in [-0.2, 0) is 32.1 Å². The molecule has 8 nitrogen and oxygen atoms in total. The lowest BCUT2D eigenvalue weighted by Gasteiger charge is -2.14. The molecule has 1 aliphatic rings. The summed E-state index contributed by atoms with van der Waals surface area (Å²) in [5.74, 6) is -1.16. The van der Waals surface area contributed by atoms with Gasteiger partial charge in [0.15, 0.2) is 6.61 Å². The molecule has 0 spiro atoms. The van der Waals surface area contributed by atoms with Gasteiger partial charge in [0.2, 0.25) is 5.91 Å².